The van der Waals surface area contributed by atoms with Crippen LogP contribution in [0, 0.1) is 5.82 Å². The van der Waals surface area contributed by atoms with Crippen LogP contribution in [-0.4, -0.2) is 6.10 Å². The van der Waals surface area contributed by atoms with Crippen LogP contribution in [0.3, 0.4) is 0 Å². The number of ether oxygens (including phenoxy) is 1. The highest BCUT2D eigenvalue weighted by atomic mass is 32.1. The van der Waals surface area contributed by atoms with E-state index in [9.17, 15) is 4.39 Å². The molecule has 2 aromatic carbocycles. The van der Waals surface area contributed by atoms with E-state index in [1.54, 1.807) is 12.1 Å². The van der Waals surface area contributed by atoms with Crippen molar-refractivity contribution in [1.29, 1.82) is 0 Å². The Bertz CT molecular complexity index is 579. The molecule has 104 valence electrons. The van der Waals surface area contributed by atoms with Crippen LogP contribution in [-0.2, 0) is 4.18 Å². The second-order valence-electron chi connectivity index (χ2n) is 5.02. The summed E-state index contributed by atoms with van der Waals surface area (Å²) in [7, 11) is 0. The topological polar surface area (TPSA) is 18.5 Å². The maximum atomic E-state index is 12.8. The van der Waals surface area contributed by atoms with Crippen LogP contribution in [0.4, 0.5) is 4.39 Å². The molecule has 1 saturated carbocycles. The van der Waals surface area contributed by atoms with Crippen molar-refractivity contribution in [3.05, 3.63) is 59.9 Å². The van der Waals surface area contributed by atoms with Gasteiger partial charge in [-0.15, -0.1) is 0 Å². The van der Waals surface area contributed by atoms with Crippen molar-refractivity contribution >= 4 is 12.9 Å². The standard InChI is InChI=1S/C16H15FO2S/c17-13-4-6-14(7-5-13)18-15-3-1-2-11(8-15)12-9-16(10-12)19-20/h1-8,12,16,20H,9-10H2. The van der Waals surface area contributed by atoms with E-state index < -0.39 is 0 Å². The van der Waals surface area contributed by atoms with Gasteiger partial charge in [-0.3, -0.25) is 0 Å². The molecule has 1 fully saturated rings. The van der Waals surface area contributed by atoms with Crippen LogP contribution in [0.25, 0.3) is 0 Å². The third-order valence-electron chi connectivity index (χ3n) is 3.62. The fourth-order valence-electron chi connectivity index (χ4n) is 2.39. The van der Waals surface area contributed by atoms with Crippen LogP contribution in [0.1, 0.15) is 24.3 Å². The lowest BCUT2D eigenvalue weighted by Gasteiger charge is -2.33. The lowest BCUT2D eigenvalue weighted by Crippen LogP contribution is -2.27. The van der Waals surface area contributed by atoms with Gasteiger partial charge in [0.15, 0.2) is 0 Å². The summed E-state index contributed by atoms with van der Waals surface area (Å²) in [6.07, 6.45) is 2.23. The van der Waals surface area contributed by atoms with Crippen molar-refractivity contribution in [2.75, 3.05) is 0 Å². The molecule has 1 aliphatic carbocycles. The van der Waals surface area contributed by atoms with Crippen molar-refractivity contribution < 1.29 is 13.3 Å². The van der Waals surface area contributed by atoms with Crippen LogP contribution >= 0.6 is 12.9 Å². The molecule has 0 N–H and O–H groups in total. The van der Waals surface area contributed by atoms with E-state index in [-0.39, 0.29) is 11.9 Å². The molecule has 0 bridgehead atoms. The first kappa shape index (κ1) is 13.5. The summed E-state index contributed by atoms with van der Waals surface area (Å²) in [5.74, 6) is 1.64. The molecule has 0 unspecified atom stereocenters. The molecule has 0 heterocycles. The molecule has 20 heavy (non-hydrogen) atoms. The van der Waals surface area contributed by atoms with Crippen LogP contribution in [0.5, 0.6) is 11.5 Å². The first-order valence-electron chi connectivity index (χ1n) is 6.58. The van der Waals surface area contributed by atoms with Gasteiger partial charge in [-0.2, -0.15) is 0 Å². The predicted octanol–water partition coefficient (Wildman–Crippen LogP) is 4.73. The van der Waals surface area contributed by atoms with Gasteiger partial charge >= 0.3 is 0 Å². The third kappa shape index (κ3) is 2.97. The molecule has 2 nitrogen and oxygen atoms in total. The van der Waals surface area contributed by atoms with Gasteiger partial charge in [-0.05, 0) is 73.6 Å². The smallest absolute Gasteiger partial charge is 0.127 e. The Balaban J connectivity index is 1.70. The number of benzene rings is 2. The van der Waals surface area contributed by atoms with Gasteiger partial charge in [0, 0.05) is 0 Å². The second-order valence-corrected chi connectivity index (χ2v) is 5.24. The van der Waals surface area contributed by atoms with E-state index in [0.29, 0.717) is 11.7 Å². The summed E-state index contributed by atoms with van der Waals surface area (Å²) in [5.41, 5.74) is 1.24. The molecule has 4 heteroatoms. The van der Waals surface area contributed by atoms with E-state index >= 15 is 0 Å². The normalized spacial score (nSPS) is 21.3. The Hall–Kier alpha value is -1.52. The summed E-state index contributed by atoms with van der Waals surface area (Å²) in [4.78, 5) is 0. The zero-order chi connectivity index (χ0) is 13.9. The molecule has 0 saturated heterocycles. The summed E-state index contributed by atoms with van der Waals surface area (Å²) in [6, 6.07) is 14.0. The van der Waals surface area contributed by atoms with E-state index in [0.717, 1.165) is 18.6 Å². The molecule has 0 amide bonds. The highest BCUT2D eigenvalue weighted by Crippen LogP contribution is 2.40. The van der Waals surface area contributed by atoms with E-state index in [1.165, 1.54) is 17.7 Å². The largest absolute Gasteiger partial charge is 0.457 e. The van der Waals surface area contributed by atoms with Gasteiger partial charge in [-0.1, -0.05) is 12.1 Å². The first-order valence-corrected chi connectivity index (χ1v) is 6.95. The molecular weight excluding hydrogens is 275 g/mol. The van der Waals surface area contributed by atoms with Crippen molar-refractivity contribution in [3.63, 3.8) is 0 Å². The first-order chi connectivity index (χ1) is 9.74. The maximum Gasteiger partial charge on any atom is 0.127 e. The fraction of sp³-hybridized carbons (Fsp3) is 0.250. The second kappa shape index (κ2) is 5.85. The summed E-state index contributed by atoms with van der Waals surface area (Å²) in [6.45, 7) is 0. The van der Waals surface area contributed by atoms with Crippen molar-refractivity contribution in [2.45, 2.75) is 24.9 Å². The Kier molecular flexibility index (Phi) is 3.94. The van der Waals surface area contributed by atoms with Crippen LogP contribution in [0.2, 0.25) is 0 Å². The van der Waals surface area contributed by atoms with E-state index in [1.807, 2.05) is 18.2 Å². The molecular formula is C16H15FO2S. The quantitative estimate of drug-likeness (QED) is 0.648. The van der Waals surface area contributed by atoms with Gasteiger partial charge < -0.3 is 8.92 Å². The number of hydrogen-bond acceptors (Lipinski definition) is 3. The highest BCUT2D eigenvalue weighted by molar-refractivity contribution is 7.75. The van der Waals surface area contributed by atoms with E-state index in [4.69, 9.17) is 8.92 Å². The number of rotatable bonds is 4. The van der Waals surface area contributed by atoms with Gasteiger partial charge in [-0.25, -0.2) is 4.39 Å². The monoisotopic (exact) mass is 290 g/mol. The van der Waals surface area contributed by atoms with Crippen molar-refractivity contribution in [3.8, 4) is 11.5 Å². The van der Waals surface area contributed by atoms with Gasteiger partial charge in [0.2, 0.25) is 0 Å². The average molecular weight is 290 g/mol. The number of hydrogen-bond donors (Lipinski definition) is 1. The lowest BCUT2D eigenvalue weighted by atomic mass is 9.78. The molecule has 0 atom stereocenters. The Morgan fingerprint density at radius 2 is 1.75 bits per heavy atom. The summed E-state index contributed by atoms with van der Waals surface area (Å²) >= 11 is 3.84. The lowest BCUT2D eigenvalue weighted by molar-refractivity contribution is 0.126. The van der Waals surface area contributed by atoms with Crippen LogP contribution in [0.15, 0.2) is 48.5 Å². The Labute approximate surface area is 123 Å². The maximum absolute atomic E-state index is 12.8. The minimum absolute atomic E-state index is 0.255. The predicted molar refractivity (Wildman–Crippen MR) is 78.8 cm³/mol. The van der Waals surface area contributed by atoms with E-state index in [2.05, 4.69) is 19.0 Å². The Morgan fingerprint density at radius 1 is 1.00 bits per heavy atom. The number of halogens is 1. The Morgan fingerprint density at radius 3 is 2.45 bits per heavy atom. The molecule has 0 aromatic heterocycles. The van der Waals surface area contributed by atoms with Gasteiger partial charge in [0.05, 0.1) is 6.10 Å². The summed E-state index contributed by atoms with van der Waals surface area (Å²) in [5, 5.41) is 0. The average Bonchev–Trinajstić information content (AvgIpc) is 2.41. The molecule has 1 aliphatic rings. The molecule has 0 radical (unpaired) electrons. The van der Waals surface area contributed by atoms with Crippen molar-refractivity contribution in [1.82, 2.24) is 0 Å². The number of thiol groups is 1. The zero-order valence-electron chi connectivity index (χ0n) is 10.8. The summed E-state index contributed by atoms with van der Waals surface area (Å²) < 4.78 is 23.6. The third-order valence-corrected chi connectivity index (χ3v) is 3.92. The van der Waals surface area contributed by atoms with Crippen molar-refractivity contribution in [2.24, 2.45) is 0 Å². The van der Waals surface area contributed by atoms with Gasteiger partial charge in [0.25, 0.3) is 0 Å². The SMILES string of the molecule is Fc1ccc(Oc2cccc(C3CC(OS)C3)c2)cc1. The van der Waals surface area contributed by atoms with Crippen LogP contribution < -0.4 is 4.74 Å². The minimum Gasteiger partial charge on any atom is -0.457 e. The van der Waals surface area contributed by atoms with Gasteiger partial charge in [0.1, 0.15) is 17.3 Å². The fourth-order valence-corrected chi connectivity index (χ4v) is 2.57. The minimum atomic E-state index is -0.265. The molecule has 2 aromatic rings. The molecule has 0 spiro atoms. The molecule has 3 rings (SSSR count). The molecule has 0 aliphatic heterocycles. The highest BCUT2D eigenvalue weighted by Gasteiger charge is 2.30. The zero-order valence-corrected chi connectivity index (χ0v) is 11.7.